The maximum Gasteiger partial charge on any atom is 0.307 e. The molecule has 1 aromatic heterocycles. The molecule has 0 amide bonds. The van der Waals surface area contributed by atoms with E-state index in [2.05, 4.69) is 9.97 Å². The number of nitrogens with zero attached hydrogens (tertiary/aromatic N) is 3. The van der Waals surface area contributed by atoms with Gasteiger partial charge in [-0.2, -0.15) is 0 Å². The third kappa shape index (κ3) is 5.60. The zero-order valence-electron chi connectivity index (χ0n) is 10.0. The molecule has 0 spiro atoms. The summed E-state index contributed by atoms with van der Waals surface area (Å²) in [5, 5.41) is 0.378. The van der Waals surface area contributed by atoms with Crippen LogP contribution in [0.4, 0.5) is 0 Å². The number of carbonyl (C=O) groups excluding carboxylic acids is 1. The van der Waals surface area contributed by atoms with E-state index in [1.165, 1.54) is 6.20 Å². The molecule has 94 valence electrons. The Morgan fingerprint density at radius 2 is 2.24 bits per heavy atom. The van der Waals surface area contributed by atoms with Gasteiger partial charge in [-0.3, -0.25) is 14.7 Å². The van der Waals surface area contributed by atoms with Gasteiger partial charge in [-0.15, -0.1) is 0 Å². The van der Waals surface area contributed by atoms with Gasteiger partial charge in [0.1, 0.15) is 5.15 Å². The molecule has 0 saturated heterocycles. The second-order valence-electron chi connectivity index (χ2n) is 3.62. The number of hydrogen-bond acceptors (Lipinski definition) is 5. The Kier molecular flexibility index (Phi) is 5.86. The number of aromatic nitrogens is 2. The summed E-state index contributed by atoms with van der Waals surface area (Å²) >= 11 is 5.64. The fourth-order valence-electron chi connectivity index (χ4n) is 1.29. The van der Waals surface area contributed by atoms with Gasteiger partial charge in [0.2, 0.25) is 0 Å². The van der Waals surface area contributed by atoms with Crippen LogP contribution in [0, 0.1) is 0 Å². The van der Waals surface area contributed by atoms with E-state index in [0.717, 1.165) is 5.69 Å². The van der Waals surface area contributed by atoms with Crippen molar-refractivity contribution in [2.24, 2.45) is 0 Å². The average Bonchev–Trinajstić information content (AvgIpc) is 2.30. The summed E-state index contributed by atoms with van der Waals surface area (Å²) in [6, 6.07) is 0. The Bertz CT molecular complexity index is 356. The SMILES string of the molecule is CCOC(=O)CCN(C)Cc1cnc(Cl)cn1. The fourth-order valence-corrected chi connectivity index (χ4v) is 1.39. The first-order valence-electron chi connectivity index (χ1n) is 5.42. The van der Waals surface area contributed by atoms with Crippen LogP contribution in [0.2, 0.25) is 5.15 Å². The Hall–Kier alpha value is -1.20. The molecule has 0 aliphatic rings. The normalized spacial score (nSPS) is 10.6. The number of hydrogen-bond donors (Lipinski definition) is 0. The lowest BCUT2D eigenvalue weighted by molar-refractivity contribution is -0.143. The summed E-state index contributed by atoms with van der Waals surface area (Å²) in [5.74, 6) is -0.179. The highest BCUT2D eigenvalue weighted by atomic mass is 35.5. The van der Waals surface area contributed by atoms with Crippen molar-refractivity contribution in [1.29, 1.82) is 0 Å². The molecule has 0 radical (unpaired) electrons. The van der Waals surface area contributed by atoms with Gasteiger partial charge in [0.05, 0.1) is 31.1 Å². The Morgan fingerprint density at radius 3 is 2.82 bits per heavy atom. The zero-order chi connectivity index (χ0) is 12.7. The third-order valence-electron chi connectivity index (χ3n) is 2.11. The van der Waals surface area contributed by atoms with E-state index in [9.17, 15) is 4.79 Å². The molecule has 0 N–H and O–H groups in total. The summed E-state index contributed by atoms with van der Waals surface area (Å²) in [6.07, 6.45) is 3.52. The number of ether oxygens (including phenoxy) is 1. The lowest BCUT2D eigenvalue weighted by Gasteiger charge is -2.15. The van der Waals surface area contributed by atoms with Crippen LogP contribution < -0.4 is 0 Å². The molecular weight excluding hydrogens is 242 g/mol. The van der Waals surface area contributed by atoms with Crippen molar-refractivity contribution >= 4 is 17.6 Å². The predicted molar refractivity (Wildman–Crippen MR) is 64.6 cm³/mol. The van der Waals surface area contributed by atoms with E-state index < -0.39 is 0 Å². The summed E-state index contributed by atoms with van der Waals surface area (Å²) in [7, 11) is 1.91. The van der Waals surface area contributed by atoms with Crippen molar-refractivity contribution < 1.29 is 9.53 Å². The van der Waals surface area contributed by atoms with Crippen LogP contribution in [0.5, 0.6) is 0 Å². The van der Waals surface area contributed by atoms with Gasteiger partial charge >= 0.3 is 5.97 Å². The molecule has 17 heavy (non-hydrogen) atoms. The smallest absolute Gasteiger partial charge is 0.307 e. The second kappa shape index (κ2) is 7.19. The number of carbonyl (C=O) groups is 1. The van der Waals surface area contributed by atoms with E-state index in [4.69, 9.17) is 16.3 Å². The molecule has 0 unspecified atom stereocenters. The molecule has 6 heteroatoms. The second-order valence-corrected chi connectivity index (χ2v) is 4.01. The van der Waals surface area contributed by atoms with Crippen LogP contribution in [0.1, 0.15) is 19.0 Å². The topological polar surface area (TPSA) is 55.3 Å². The van der Waals surface area contributed by atoms with Crippen LogP contribution in [0.3, 0.4) is 0 Å². The lowest BCUT2D eigenvalue weighted by atomic mass is 10.3. The molecule has 0 bridgehead atoms. The molecule has 0 saturated carbocycles. The van der Waals surface area contributed by atoms with Crippen molar-refractivity contribution in [1.82, 2.24) is 14.9 Å². The van der Waals surface area contributed by atoms with Gasteiger partial charge in [0, 0.05) is 13.1 Å². The molecule has 0 aliphatic carbocycles. The van der Waals surface area contributed by atoms with Crippen LogP contribution in [-0.4, -0.2) is 41.0 Å². The highest BCUT2D eigenvalue weighted by molar-refractivity contribution is 6.29. The standard InChI is InChI=1S/C11H16ClN3O2/c1-3-17-11(16)4-5-15(2)8-9-6-14-10(12)7-13-9/h6-7H,3-5,8H2,1-2H3. The molecule has 0 aromatic carbocycles. The van der Waals surface area contributed by atoms with Crippen LogP contribution >= 0.6 is 11.6 Å². The van der Waals surface area contributed by atoms with Gasteiger partial charge in [-0.25, -0.2) is 4.98 Å². The van der Waals surface area contributed by atoms with Crippen molar-refractivity contribution in [3.05, 3.63) is 23.2 Å². The monoisotopic (exact) mass is 257 g/mol. The molecule has 0 fully saturated rings. The van der Waals surface area contributed by atoms with Gasteiger partial charge in [0.25, 0.3) is 0 Å². The highest BCUT2D eigenvalue weighted by Crippen LogP contribution is 2.03. The molecule has 0 aliphatic heterocycles. The van der Waals surface area contributed by atoms with E-state index in [-0.39, 0.29) is 5.97 Å². The molecule has 1 aromatic rings. The maximum atomic E-state index is 11.2. The zero-order valence-corrected chi connectivity index (χ0v) is 10.8. The van der Waals surface area contributed by atoms with Crippen molar-refractivity contribution in [2.45, 2.75) is 19.9 Å². The van der Waals surface area contributed by atoms with E-state index in [0.29, 0.717) is 31.3 Å². The van der Waals surface area contributed by atoms with E-state index >= 15 is 0 Å². The number of rotatable bonds is 6. The largest absolute Gasteiger partial charge is 0.466 e. The summed E-state index contributed by atoms with van der Waals surface area (Å²) in [5.41, 5.74) is 0.820. The third-order valence-corrected chi connectivity index (χ3v) is 2.30. The number of esters is 1. The molecule has 1 rings (SSSR count). The van der Waals surface area contributed by atoms with Crippen molar-refractivity contribution in [2.75, 3.05) is 20.2 Å². The summed E-state index contributed by atoms with van der Waals surface area (Å²) in [4.78, 5) is 21.2. The van der Waals surface area contributed by atoms with Gasteiger partial charge in [-0.1, -0.05) is 11.6 Å². The first kappa shape index (κ1) is 13.9. The molecule has 0 atom stereocenters. The van der Waals surface area contributed by atoms with Gasteiger partial charge in [-0.05, 0) is 14.0 Å². The minimum absolute atomic E-state index is 0.179. The first-order valence-corrected chi connectivity index (χ1v) is 5.80. The van der Waals surface area contributed by atoms with E-state index in [1.807, 2.05) is 11.9 Å². The molecule has 5 nitrogen and oxygen atoms in total. The van der Waals surface area contributed by atoms with Crippen LogP contribution in [0.25, 0.3) is 0 Å². The van der Waals surface area contributed by atoms with Crippen LogP contribution in [-0.2, 0) is 16.1 Å². The minimum atomic E-state index is -0.179. The Labute approximate surface area is 106 Å². The first-order chi connectivity index (χ1) is 8.11. The Balaban J connectivity index is 2.31. The average molecular weight is 258 g/mol. The highest BCUT2D eigenvalue weighted by Gasteiger charge is 2.06. The molecule has 1 heterocycles. The lowest BCUT2D eigenvalue weighted by Crippen LogP contribution is -2.22. The number of halogens is 1. The summed E-state index contributed by atoms with van der Waals surface area (Å²) in [6.45, 7) is 3.48. The maximum absolute atomic E-state index is 11.2. The predicted octanol–water partition coefficient (Wildman–Crippen LogP) is 1.52. The van der Waals surface area contributed by atoms with Crippen molar-refractivity contribution in [3.63, 3.8) is 0 Å². The fraction of sp³-hybridized carbons (Fsp3) is 0.545. The van der Waals surface area contributed by atoms with Gasteiger partial charge < -0.3 is 4.74 Å². The van der Waals surface area contributed by atoms with Crippen molar-refractivity contribution in [3.8, 4) is 0 Å². The molecular formula is C11H16ClN3O2. The quantitative estimate of drug-likeness (QED) is 0.723. The van der Waals surface area contributed by atoms with Crippen LogP contribution in [0.15, 0.2) is 12.4 Å². The van der Waals surface area contributed by atoms with Gasteiger partial charge in [0.15, 0.2) is 0 Å². The summed E-state index contributed by atoms with van der Waals surface area (Å²) < 4.78 is 4.85. The minimum Gasteiger partial charge on any atom is -0.466 e. The van der Waals surface area contributed by atoms with E-state index in [1.54, 1.807) is 13.1 Å². The Morgan fingerprint density at radius 1 is 1.47 bits per heavy atom.